The van der Waals surface area contributed by atoms with E-state index in [0.717, 1.165) is 17.0 Å². The molecular formula is C20H20Cl2N4O. The molecule has 0 saturated carbocycles. The molecule has 0 fully saturated rings. The van der Waals surface area contributed by atoms with Crippen LogP contribution in [0.25, 0.3) is 0 Å². The molecule has 7 heteroatoms. The Morgan fingerprint density at radius 2 is 1.81 bits per heavy atom. The monoisotopic (exact) mass is 402 g/mol. The third-order valence-corrected chi connectivity index (χ3v) is 5.05. The first-order valence-corrected chi connectivity index (χ1v) is 9.22. The van der Waals surface area contributed by atoms with E-state index in [9.17, 15) is 4.79 Å². The third-order valence-electron chi connectivity index (χ3n) is 4.23. The number of carbonyl (C=O) groups excluding carboxylic acids is 1. The summed E-state index contributed by atoms with van der Waals surface area (Å²) >= 11 is 12.1. The van der Waals surface area contributed by atoms with Crippen LogP contribution >= 0.6 is 23.2 Å². The molecule has 2 amide bonds. The predicted molar refractivity (Wildman–Crippen MR) is 111 cm³/mol. The van der Waals surface area contributed by atoms with Crippen molar-refractivity contribution in [2.24, 2.45) is 0 Å². The van der Waals surface area contributed by atoms with Gasteiger partial charge < -0.3 is 10.6 Å². The Bertz CT molecular complexity index is 998. The maximum absolute atomic E-state index is 12.4. The fourth-order valence-corrected chi connectivity index (χ4v) is 3.23. The summed E-state index contributed by atoms with van der Waals surface area (Å²) < 4.78 is 1.88. The second-order valence-electron chi connectivity index (χ2n) is 6.37. The van der Waals surface area contributed by atoms with E-state index >= 15 is 0 Å². The van der Waals surface area contributed by atoms with Crippen LogP contribution in [0.3, 0.4) is 0 Å². The smallest absolute Gasteiger partial charge is 0.306 e. The molecular weight excluding hydrogens is 383 g/mol. The lowest BCUT2D eigenvalue weighted by molar-refractivity contribution is 0.262. The molecule has 3 rings (SSSR count). The van der Waals surface area contributed by atoms with Crippen LogP contribution in [0.2, 0.25) is 10.0 Å². The molecule has 0 aliphatic rings. The molecule has 2 aromatic carbocycles. The number of benzene rings is 2. The molecule has 0 aliphatic heterocycles. The van der Waals surface area contributed by atoms with E-state index in [1.807, 2.05) is 24.6 Å². The molecule has 0 aliphatic carbocycles. The first kappa shape index (κ1) is 19.3. The fraction of sp³-hybridized carbons (Fsp3) is 0.200. The summed E-state index contributed by atoms with van der Waals surface area (Å²) in [6, 6.07) is 12.9. The van der Waals surface area contributed by atoms with Crippen molar-refractivity contribution >= 4 is 40.6 Å². The van der Waals surface area contributed by atoms with Gasteiger partial charge in [0.15, 0.2) is 0 Å². The van der Waals surface area contributed by atoms with Crippen LogP contribution in [0.15, 0.2) is 42.5 Å². The normalized spacial score (nSPS) is 10.7. The number of aryl methyl sites for hydroxylation is 2. The van der Waals surface area contributed by atoms with Crippen molar-refractivity contribution in [2.45, 2.75) is 27.3 Å². The van der Waals surface area contributed by atoms with Gasteiger partial charge in [-0.3, -0.25) is 4.68 Å². The van der Waals surface area contributed by atoms with E-state index in [4.69, 9.17) is 23.2 Å². The molecule has 0 unspecified atom stereocenters. The van der Waals surface area contributed by atoms with Gasteiger partial charge in [-0.25, -0.2) is 4.79 Å². The van der Waals surface area contributed by atoms with Crippen molar-refractivity contribution in [3.63, 3.8) is 0 Å². The van der Waals surface area contributed by atoms with E-state index < -0.39 is 6.03 Å². The number of carbonyl (C=O) groups is 1. The Balaban J connectivity index is 1.76. The first-order chi connectivity index (χ1) is 12.8. The molecule has 0 saturated heterocycles. The molecule has 1 heterocycles. The van der Waals surface area contributed by atoms with Gasteiger partial charge in [-0.2, -0.15) is 5.10 Å². The van der Waals surface area contributed by atoms with Crippen LogP contribution < -0.4 is 10.6 Å². The van der Waals surface area contributed by atoms with E-state index in [0.29, 0.717) is 28.0 Å². The topological polar surface area (TPSA) is 59.0 Å². The number of hydrogen-bond acceptors (Lipinski definition) is 2. The zero-order valence-corrected chi connectivity index (χ0v) is 16.8. The summed E-state index contributed by atoms with van der Waals surface area (Å²) in [4.78, 5) is 12.4. The second-order valence-corrected chi connectivity index (χ2v) is 7.16. The lowest BCUT2D eigenvalue weighted by atomic mass is 10.1. The van der Waals surface area contributed by atoms with Gasteiger partial charge in [-0.1, -0.05) is 59.1 Å². The maximum Gasteiger partial charge on any atom is 0.323 e. The van der Waals surface area contributed by atoms with Gasteiger partial charge in [-0.15, -0.1) is 0 Å². The number of nitrogens with one attached hydrogen (secondary N) is 2. The Kier molecular flexibility index (Phi) is 5.73. The Labute approximate surface area is 168 Å². The van der Waals surface area contributed by atoms with E-state index in [-0.39, 0.29) is 0 Å². The number of hydrogen-bond donors (Lipinski definition) is 2. The molecule has 2 N–H and O–H groups in total. The standard InChI is InChI=1S/C20H20Cl2N4O/c1-12-6-4-7-15(10-12)11-26-14(3)19(13(2)25-26)24-20(27)23-17-9-5-8-16(21)18(17)22/h4-10H,11H2,1-3H3,(H2,23,24,27). The van der Waals surface area contributed by atoms with Gasteiger partial charge in [0.05, 0.1) is 39.4 Å². The van der Waals surface area contributed by atoms with Crippen molar-refractivity contribution in [2.75, 3.05) is 10.6 Å². The van der Waals surface area contributed by atoms with E-state index in [1.54, 1.807) is 18.2 Å². The number of nitrogens with zero attached hydrogens (tertiary/aromatic N) is 2. The summed E-state index contributed by atoms with van der Waals surface area (Å²) in [6.45, 7) is 6.49. The Morgan fingerprint density at radius 3 is 2.56 bits per heavy atom. The molecule has 0 bridgehead atoms. The lowest BCUT2D eigenvalue weighted by Gasteiger charge is -2.10. The molecule has 3 aromatic rings. The highest BCUT2D eigenvalue weighted by Crippen LogP contribution is 2.30. The van der Waals surface area contributed by atoms with Crippen LogP contribution in [0.5, 0.6) is 0 Å². The van der Waals surface area contributed by atoms with Gasteiger partial charge in [0.2, 0.25) is 0 Å². The summed E-state index contributed by atoms with van der Waals surface area (Å²) in [5.41, 5.74) is 5.10. The highest BCUT2D eigenvalue weighted by Gasteiger charge is 2.15. The van der Waals surface area contributed by atoms with Crippen LogP contribution in [0.1, 0.15) is 22.5 Å². The van der Waals surface area contributed by atoms with E-state index in [1.165, 1.54) is 5.56 Å². The SMILES string of the molecule is Cc1cccc(Cn2nc(C)c(NC(=O)Nc3cccc(Cl)c3Cl)c2C)c1. The molecule has 1 aromatic heterocycles. The highest BCUT2D eigenvalue weighted by atomic mass is 35.5. The maximum atomic E-state index is 12.4. The zero-order valence-electron chi connectivity index (χ0n) is 15.3. The van der Waals surface area contributed by atoms with Crippen LogP contribution in [-0.2, 0) is 6.54 Å². The summed E-state index contributed by atoms with van der Waals surface area (Å²) in [7, 11) is 0. The molecule has 0 atom stereocenters. The molecule has 0 radical (unpaired) electrons. The number of anilines is 2. The Hall–Kier alpha value is -2.50. The average molecular weight is 403 g/mol. The van der Waals surface area contributed by atoms with Crippen LogP contribution in [-0.4, -0.2) is 15.8 Å². The first-order valence-electron chi connectivity index (χ1n) is 8.46. The van der Waals surface area contributed by atoms with Crippen molar-refractivity contribution in [3.8, 4) is 0 Å². The fourth-order valence-electron chi connectivity index (χ4n) is 2.88. The van der Waals surface area contributed by atoms with Crippen LogP contribution in [0, 0.1) is 20.8 Å². The molecule has 140 valence electrons. The number of aromatic nitrogens is 2. The van der Waals surface area contributed by atoms with Crippen molar-refractivity contribution in [1.82, 2.24) is 9.78 Å². The highest BCUT2D eigenvalue weighted by molar-refractivity contribution is 6.44. The molecule has 5 nitrogen and oxygen atoms in total. The van der Waals surface area contributed by atoms with Crippen molar-refractivity contribution < 1.29 is 4.79 Å². The third kappa shape index (κ3) is 4.43. The predicted octanol–water partition coefficient (Wildman–Crippen LogP) is 5.81. The number of amides is 2. The van der Waals surface area contributed by atoms with Gasteiger partial charge in [0.25, 0.3) is 0 Å². The lowest BCUT2D eigenvalue weighted by Crippen LogP contribution is -2.20. The average Bonchev–Trinajstić information content (AvgIpc) is 2.86. The number of urea groups is 1. The van der Waals surface area contributed by atoms with Gasteiger partial charge >= 0.3 is 6.03 Å². The number of rotatable bonds is 4. The summed E-state index contributed by atoms with van der Waals surface area (Å²) in [5, 5.41) is 10.8. The minimum atomic E-state index is -0.402. The van der Waals surface area contributed by atoms with Crippen molar-refractivity contribution in [3.05, 3.63) is 75.0 Å². The largest absolute Gasteiger partial charge is 0.323 e. The second kappa shape index (κ2) is 8.03. The number of halogens is 2. The Morgan fingerprint density at radius 1 is 1.07 bits per heavy atom. The van der Waals surface area contributed by atoms with Crippen LogP contribution in [0.4, 0.5) is 16.2 Å². The molecule has 27 heavy (non-hydrogen) atoms. The minimum Gasteiger partial charge on any atom is -0.306 e. The zero-order chi connectivity index (χ0) is 19.6. The minimum absolute atomic E-state index is 0.304. The van der Waals surface area contributed by atoms with Gasteiger partial charge in [0.1, 0.15) is 0 Å². The van der Waals surface area contributed by atoms with Gasteiger partial charge in [0, 0.05) is 0 Å². The molecule has 0 spiro atoms. The van der Waals surface area contributed by atoms with E-state index in [2.05, 4.69) is 40.9 Å². The summed E-state index contributed by atoms with van der Waals surface area (Å²) in [5.74, 6) is 0. The summed E-state index contributed by atoms with van der Waals surface area (Å²) in [6.07, 6.45) is 0. The quantitative estimate of drug-likeness (QED) is 0.578. The van der Waals surface area contributed by atoms with Crippen molar-refractivity contribution in [1.29, 1.82) is 0 Å². The van der Waals surface area contributed by atoms with Gasteiger partial charge in [-0.05, 0) is 38.5 Å².